The Bertz CT molecular complexity index is 515. The van der Waals surface area contributed by atoms with E-state index in [4.69, 9.17) is 21.4 Å². The molecule has 0 saturated carbocycles. The molecule has 7 heteroatoms. The van der Waals surface area contributed by atoms with Crippen LogP contribution >= 0.6 is 11.6 Å². The van der Waals surface area contributed by atoms with Crippen LogP contribution in [-0.2, 0) is 4.74 Å². The number of halogens is 1. The molecule has 1 aromatic carbocycles. The quantitative estimate of drug-likeness (QED) is 0.799. The zero-order valence-electron chi connectivity index (χ0n) is 10.7. The summed E-state index contributed by atoms with van der Waals surface area (Å²) in [5.74, 6) is -1.14. The summed E-state index contributed by atoms with van der Waals surface area (Å²) < 4.78 is 5.20. The zero-order chi connectivity index (χ0) is 14.5. The van der Waals surface area contributed by atoms with Crippen molar-refractivity contribution in [2.24, 2.45) is 0 Å². The van der Waals surface area contributed by atoms with Gasteiger partial charge in [-0.15, -0.1) is 0 Å². The summed E-state index contributed by atoms with van der Waals surface area (Å²) in [6.45, 7) is 1.27. The Labute approximate surface area is 121 Å². The fourth-order valence-electron chi connectivity index (χ4n) is 1.96. The molecule has 2 amide bonds. The number of hydrogen-bond acceptors (Lipinski definition) is 3. The largest absolute Gasteiger partial charge is 0.478 e. The summed E-state index contributed by atoms with van der Waals surface area (Å²) in [5.41, 5.74) is 0.340. The van der Waals surface area contributed by atoms with E-state index in [1.807, 2.05) is 0 Å². The first kappa shape index (κ1) is 14.6. The van der Waals surface area contributed by atoms with Crippen molar-refractivity contribution in [3.8, 4) is 0 Å². The lowest BCUT2D eigenvalue weighted by Gasteiger charge is -2.23. The Morgan fingerprint density at radius 1 is 1.30 bits per heavy atom. The number of carboxylic acids is 1. The van der Waals surface area contributed by atoms with Gasteiger partial charge in [-0.05, 0) is 31.0 Å². The number of nitrogens with one attached hydrogen (secondary N) is 2. The second-order valence-electron chi connectivity index (χ2n) is 4.48. The van der Waals surface area contributed by atoms with E-state index >= 15 is 0 Å². The molecule has 2 rings (SSSR count). The lowest BCUT2D eigenvalue weighted by atomic mass is 10.1. The summed E-state index contributed by atoms with van der Waals surface area (Å²) in [6.07, 6.45) is 1.54. The fraction of sp³-hybridized carbons (Fsp3) is 0.385. The van der Waals surface area contributed by atoms with E-state index in [-0.39, 0.29) is 22.7 Å². The van der Waals surface area contributed by atoms with Crippen LogP contribution in [0.2, 0.25) is 5.02 Å². The number of aromatic carboxylic acids is 1. The number of carboxylic acid groups (broad SMARTS) is 1. The molecule has 108 valence electrons. The normalized spacial score (nSPS) is 15.7. The molecule has 0 atom stereocenters. The predicted octanol–water partition coefficient (Wildman–Crippen LogP) is 2.34. The third-order valence-electron chi connectivity index (χ3n) is 3.01. The van der Waals surface area contributed by atoms with Crippen molar-refractivity contribution < 1.29 is 19.4 Å². The van der Waals surface area contributed by atoms with Gasteiger partial charge in [0.1, 0.15) is 0 Å². The highest BCUT2D eigenvalue weighted by Gasteiger charge is 2.16. The lowest BCUT2D eigenvalue weighted by molar-refractivity contribution is 0.0697. The minimum absolute atomic E-state index is 0.0458. The molecule has 0 aliphatic carbocycles. The molecule has 0 unspecified atom stereocenters. The number of anilines is 1. The Morgan fingerprint density at radius 2 is 2.00 bits per heavy atom. The molecule has 1 heterocycles. The molecule has 1 aromatic rings. The summed E-state index contributed by atoms with van der Waals surface area (Å²) >= 11 is 5.76. The van der Waals surface area contributed by atoms with Gasteiger partial charge in [0.05, 0.1) is 10.6 Å². The van der Waals surface area contributed by atoms with Gasteiger partial charge in [-0.1, -0.05) is 11.6 Å². The molecule has 0 radical (unpaired) electrons. The van der Waals surface area contributed by atoms with Crippen LogP contribution in [0.1, 0.15) is 23.2 Å². The van der Waals surface area contributed by atoms with Crippen molar-refractivity contribution in [1.29, 1.82) is 0 Å². The third kappa shape index (κ3) is 3.85. The van der Waals surface area contributed by atoms with Crippen molar-refractivity contribution in [1.82, 2.24) is 5.32 Å². The SMILES string of the molecule is O=C(Nc1ccc(Cl)c(C(=O)O)c1)NC1CCOCC1. The molecule has 1 fully saturated rings. The number of ether oxygens (including phenoxy) is 1. The van der Waals surface area contributed by atoms with Crippen LogP contribution in [0.3, 0.4) is 0 Å². The second kappa shape index (κ2) is 6.58. The van der Waals surface area contributed by atoms with Gasteiger partial charge in [-0.25, -0.2) is 9.59 Å². The molecular weight excluding hydrogens is 284 g/mol. The topological polar surface area (TPSA) is 87.7 Å². The fourth-order valence-corrected chi connectivity index (χ4v) is 2.16. The number of amides is 2. The standard InChI is InChI=1S/C13H15ClN2O4/c14-11-2-1-9(7-10(11)12(17)18)16-13(19)15-8-3-5-20-6-4-8/h1-2,7-8H,3-6H2,(H,17,18)(H2,15,16,19). The highest BCUT2D eigenvalue weighted by atomic mass is 35.5. The van der Waals surface area contributed by atoms with Crippen molar-refractivity contribution >= 4 is 29.3 Å². The molecule has 1 aliphatic heterocycles. The maximum absolute atomic E-state index is 11.8. The molecule has 0 aromatic heterocycles. The minimum atomic E-state index is -1.14. The molecular formula is C13H15ClN2O4. The van der Waals surface area contributed by atoms with E-state index in [0.29, 0.717) is 18.9 Å². The summed E-state index contributed by atoms with van der Waals surface area (Å²) in [6, 6.07) is 4.03. The van der Waals surface area contributed by atoms with E-state index in [2.05, 4.69) is 10.6 Å². The Morgan fingerprint density at radius 3 is 2.65 bits per heavy atom. The molecule has 1 saturated heterocycles. The van der Waals surface area contributed by atoms with E-state index in [9.17, 15) is 9.59 Å². The summed E-state index contributed by atoms with van der Waals surface area (Å²) in [7, 11) is 0. The number of urea groups is 1. The predicted molar refractivity (Wildman–Crippen MR) is 74.4 cm³/mol. The van der Waals surface area contributed by atoms with Crippen LogP contribution in [-0.4, -0.2) is 36.4 Å². The van der Waals surface area contributed by atoms with Crippen LogP contribution in [0.25, 0.3) is 0 Å². The molecule has 0 bridgehead atoms. The Kier molecular flexibility index (Phi) is 4.81. The lowest BCUT2D eigenvalue weighted by Crippen LogP contribution is -2.41. The van der Waals surface area contributed by atoms with Crippen LogP contribution in [0.4, 0.5) is 10.5 Å². The van der Waals surface area contributed by atoms with Crippen LogP contribution < -0.4 is 10.6 Å². The van der Waals surface area contributed by atoms with Gasteiger partial charge in [0.15, 0.2) is 0 Å². The van der Waals surface area contributed by atoms with E-state index < -0.39 is 5.97 Å². The number of rotatable bonds is 3. The van der Waals surface area contributed by atoms with Crippen LogP contribution in [0.15, 0.2) is 18.2 Å². The van der Waals surface area contributed by atoms with E-state index in [0.717, 1.165) is 12.8 Å². The van der Waals surface area contributed by atoms with Crippen molar-refractivity contribution in [2.45, 2.75) is 18.9 Å². The van der Waals surface area contributed by atoms with E-state index in [1.54, 1.807) is 6.07 Å². The summed E-state index contributed by atoms with van der Waals surface area (Å²) in [5, 5.41) is 14.5. The van der Waals surface area contributed by atoms with Gasteiger partial charge in [-0.2, -0.15) is 0 Å². The second-order valence-corrected chi connectivity index (χ2v) is 4.89. The number of hydrogen-bond donors (Lipinski definition) is 3. The van der Waals surface area contributed by atoms with Crippen LogP contribution in [0, 0.1) is 0 Å². The minimum Gasteiger partial charge on any atom is -0.478 e. The first-order valence-corrected chi connectivity index (χ1v) is 6.62. The van der Waals surface area contributed by atoms with Gasteiger partial charge in [0.2, 0.25) is 0 Å². The monoisotopic (exact) mass is 298 g/mol. The molecule has 20 heavy (non-hydrogen) atoms. The molecule has 3 N–H and O–H groups in total. The first-order chi connectivity index (χ1) is 9.56. The average molecular weight is 299 g/mol. The Hall–Kier alpha value is -1.79. The summed E-state index contributed by atoms with van der Waals surface area (Å²) in [4.78, 5) is 22.8. The van der Waals surface area contributed by atoms with E-state index in [1.165, 1.54) is 12.1 Å². The highest BCUT2D eigenvalue weighted by molar-refractivity contribution is 6.33. The number of benzene rings is 1. The van der Waals surface area contributed by atoms with Crippen LogP contribution in [0.5, 0.6) is 0 Å². The zero-order valence-corrected chi connectivity index (χ0v) is 11.4. The maximum Gasteiger partial charge on any atom is 0.337 e. The molecule has 6 nitrogen and oxygen atoms in total. The molecule has 0 spiro atoms. The highest BCUT2D eigenvalue weighted by Crippen LogP contribution is 2.20. The average Bonchev–Trinajstić information content (AvgIpc) is 2.41. The Balaban J connectivity index is 1.96. The van der Waals surface area contributed by atoms with Gasteiger partial charge in [-0.3, -0.25) is 0 Å². The number of carbonyl (C=O) groups excluding carboxylic acids is 1. The van der Waals surface area contributed by atoms with Gasteiger partial charge in [0.25, 0.3) is 0 Å². The first-order valence-electron chi connectivity index (χ1n) is 6.24. The van der Waals surface area contributed by atoms with Crippen molar-refractivity contribution in [3.63, 3.8) is 0 Å². The van der Waals surface area contributed by atoms with Gasteiger partial charge >= 0.3 is 12.0 Å². The van der Waals surface area contributed by atoms with Gasteiger partial charge in [0, 0.05) is 24.9 Å². The maximum atomic E-state index is 11.8. The third-order valence-corrected chi connectivity index (χ3v) is 3.34. The molecule has 1 aliphatic rings. The number of carbonyl (C=O) groups is 2. The van der Waals surface area contributed by atoms with Gasteiger partial charge < -0.3 is 20.5 Å². The smallest absolute Gasteiger partial charge is 0.337 e. The van der Waals surface area contributed by atoms with Crippen molar-refractivity contribution in [2.75, 3.05) is 18.5 Å². The van der Waals surface area contributed by atoms with Crippen molar-refractivity contribution in [3.05, 3.63) is 28.8 Å².